The molecule has 2 heterocycles. The molecule has 2 N–H and O–H groups in total. The third-order valence-electron chi connectivity index (χ3n) is 3.86. The van der Waals surface area contributed by atoms with E-state index in [1.165, 1.54) is 0 Å². The first-order chi connectivity index (χ1) is 10.1. The van der Waals surface area contributed by atoms with Gasteiger partial charge in [-0.1, -0.05) is 18.2 Å². The van der Waals surface area contributed by atoms with Gasteiger partial charge < -0.3 is 19.9 Å². The summed E-state index contributed by atoms with van der Waals surface area (Å²) < 4.78 is 10.8. The molecule has 0 aliphatic carbocycles. The number of carboxylic acid groups (broad SMARTS) is 1. The fourth-order valence-electron chi connectivity index (χ4n) is 2.77. The van der Waals surface area contributed by atoms with Crippen LogP contribution < -0.4 is 10.1 Å². The van der Waals surface area contributed by atoms with Gasteiger partial charge in [0.2, 0.25) is 5.91 Å². The average molecular weight is 291 g/mol. The van der Waals surface area contributed by atoms with E-state index in [0.717, 1.165) is 11.3 Å². The van der Waals surface area contributed by atoms with Gasteiger partial charge >= 0.3 is 5.97 Å². The Balaban J connectivity index is 1.65. The van der Waals surface area contributed by atoms with E-state index in [-0.39, 0.29) is 11.9 Å². The number of nitrogens with one attached hydrogen (secondary N) is 1. The highest BCUT2D eigenvalue weighted by molar-refractivity contribution is 5.83. The van der Waals surface area contributed by atoms with Gasteiger partial charge in [0, 0.05) is 12.0 Å². The van der Waals surface area contributed by atoms with Crippen LogP contribution in [0.15, 0.2) is 24.3 Å². The zero-order chi connectivity index (χ0) is 14.8. The van der Waals surface area contributed by atoms with Crippen LogP contribution in [0.3, 0.4) is 0 Å². The smallest absolute Gasteiger partial charge is 0.332 e. The van der Waals surface area contributed by atoms with Crippen LogP contribution in [0.1, 0.15) is 30.9 Å². The van der Waals surface area contributed by atoms with Gasteiger partial charge in [-0.05, 0) is 18.9 Å². The van der Waals surface area contributed by atoms with Crippen molar-refractivity contribution in [2.45, 2.75) is 37.5 Å². The van der Waals surface area contributed by atoms with E-state index in [1.807, 2.05) is 24.3 Å². The molecule has 0 bridgehead atoms. The van der Waals surface area contributed by atoms with Crippen LogP contribution in [-0.2, 0) is 14.3 Å². The third kappa shape index (κ3) is 2.85. The first kappa shape index (κ1) is 13.9. The number of carbonyl (C=O) groups excluding carboxylic acids is 1. The summed E-state index contributed by atoms with van der Waals surface area (Å²) in [5.41, 5.74) is 0.949. The number of carbonyl (C=O) groups is 2. The van der Waals surface area contributed by atoms with Crippen molar-refractivity contribution >= 4 is 11.9 Å². The molecule has 1 unspecified atom stereocenters. The zero-order valence-electron chi connectivity index (χ0n) is 11.5. The van der Waals surface area contributed by atoms with Crippen molar-refractivity contribution in [3.63, 3.8) is 0 Å². The fourth-order valence-corrected chi connectivity index (χ4v) is 2.77. The molecular formula is C15H17NO5. The molecule has 3 atom stereocenters. The number of benzene rings is 1. The maximum atomic E-state index is 12.2. The summed E-state index contributed by atoms with van der Waals surface area (Å²) >= 11 is 0. The summed E-state index contributed by atoms with van der Waals surface area (Å²) in [6.07, 6.45) is -0.0487. The number of rotatable bonds is 3. The van der Waals surface area contributed by atoms with Crippen molar-refractivity contribution in [1.29, 1.82) is 0 Å². The van der Waals surface area contributed by atoms with E-state index in [0.29, 0.717) is 25.9 Å². The van der Waals surface area contributed by atoms with Crippen molar-refractivity contribution in [1.82, 2.24) is 5.32 Å². The number of carboxylic acids is 1. The number of ether oxygens (including phenoxy) is 2. The van der Waals surface area contributed by atoms with Gasteiger partial charge in [0.15, 0.2) is 6.10 Å². The minimum absolute atomic E-state index is 0.116. The molecule has 3 rings (SSSR count). The van der Waals surface area contributed by atoms with Gasteiger partial charge in [-0.2, -0.15) is 0 Å². The minimum atomic E-state index is -1.01. The molecule has 112 valence electrons. The number of hydrogen-bond donors (Lipinski definition) is 2. The van der Waals surface area contributed by atoms with Crippen molar-refractivity contribution < 1.29 is 24.2 Å². The molecule has 1 fully saturated rings. The van der Waals surface area contributed by atoms with Gasteiger partial charge in [0.25, 0.3) is 0 Å². The molecule has 1 amide bonds. The van der Waals surface area contributed by atoms with Crippen molar-refractivity contribution in [3.05, 3.63) is 29.8 Å². The van der Waals surface area contributed by atoms with E-state index in [9.17, 15) is 9.59 Å². The summed E-state index contributed by atoms with van der Waals surface area (Å²) in [6, 6.07) is 7.48. The molecule has 0 spiro atoms. The van der Waals surface area contributed by atoms with Crippen LogP contribution in [0.5, 0.6) is 5.75 Å². The quantitative estimate of drug-likeness (QED) is 0.875. The van der Waals surface area contributed by atoms with Crippen LogP contribution in [0.4, 0.5) is 0 Å². The van der Waals surface area contributed by atoms with Gasteiger partial charge in [-0.25, -0.2) is 4.79 Å². The lowest BCUT2D eigenvalue weighted by Gasteiger charge is -2.27. The number of aliphatic carboxylic acids is 1. The highest BCUT2D eigenvalue weighted by atomic mass is 16.5. The lowest BCUT2D eigenvalue weighted by molar-refractivity contribution is -0.152. The first-order valence-electron chi connectivity index (χ1n) is 7.05. The van der Waals surface area contributed by atoms with Gasteiger partial charge in [0.05, 0.1) is 12.6 Å². The molecule has 0 saturated carbocycles. The Bertz CT molecular complexity index is 559. The average Bonchev–Trinajstić information content (AvgIpc) is 2.98. The SMILES string of the molecule is O=C(NC1CCOc2ccccc21)[C@@H]1CC[C@H](C(=O)O)O1. The van der Waals surface area contributed by atoms with E-state index < -0.39 is 18.2 Å². The summed E-state index contributed by atoms with van der Waals surface area (Å²) in [4.78, 5) is 23.1. The Morgan fingerprint density at radius 3 is 2.67 bits per heavy atom. The highest BCUT2D eigenvalue weighted by Gasteiger charge is 2.36. The van der Waals surface area contributed by atoms with Crippen molar-refractivity contribution in [3.8, 4) is 5.75 Å². The summed E-state index contributed by atoms with van der Waals surface area (Å²) in [5, 5.41) is 11.8. The number of hydrogen-bond acceptors (Lipinski definition) is 4. The predicted octanol–water partition coefficient (Wildman–Crippen LogP) is 1.26. The van der Waals surface area contributed by atoms with Crippen LogP contribution in [0, 0.1) is 0 Å². The summed E-state index contributed by atoms with van der Waals surface area (Å²) in [7, 11) is 0. The van der Waals surface area contributed by atoms with Crippen LogP contribution >= 0.6 is 0 Å². The maximum absolute atomic E-state index is 12.2. The summed E-state index contributed by atoms with van der Waals surface area (Å²) in [6.45, 7) is 0.547. The third-order valence-corrected chi connectivity index (χ3v) is 3.86. The molecule has 1 aromatic carbocycles. The Morgan fingerprint density at radius 1 is 1.14 bits per heavy atom. The highest BCUT2D eigenvalue weighted by Crippen LogP contribution is 2.32. The van der Waals surface area contributed by atoms with E-state index in [1.54, 1.807) is 0 Å². The van der Waals surface area contributed by atoms with Gasteiger partial charge in [0.1, 0.15) is 11.9 Å². The van der Waals surface area contributed by atoms with E-state index in [2.05, 4.69) is 5.32 Å². The van der Waals surface area contributed by atoms with Gasteiger partial charge in [-0.3, -0.25) is 4.79 Å². The lowest BCUT2D eigenvalue weighted by atomic mass is 10.00. The first-order valence-corrected chi connectivity index (χ1v) is 7.05. The molecule has 0 aromatic heterocycles. The normalized spacial score (nSPS) is 27.5. The van der Waals surface area contributed by atoms with Crippen LogP contribution in [0.25, 0.3) is 0 Å². The molecule has 2 aliphatic rings. The van der Waals surface area contributed by atoms with E-state index >= 15 is 0 Å². The molecule has 1 aromatic rings. The minimum Gasteiger partial charge on any atom is -0.493 e. The van der Waals surface area contributed by atoms with Gasteiger partial charge in [-0.15, -0.1) is 0 Å². The molecule has 1 saturated heterocycles. The Kier molecular flexibility index (Phi) is 3.79. The Hall–Kier alpha value is -2.08. The second-order valence-corrected chi connectivity index (χ2v) is 5.27. The number of fused-ring (bicyclic) bond motifs is 1. The monoisotopic (exact) mass is 291 g/mol. The second-order valence-electron chi connectivity index (χ2n) is 5.27. The molecule has 0 radical (unpaired) electrons. The van der Waals surface area contributed by atoms with E-state index in [4.69, 9.17) is 14.6 Å². The fraction of sp³-hybridized carbons (Fsp3) is 0.467. The molecular weight excluding hydrogens is 274 g/mol. The second kappa shape index (κ2) is 5.73. The lowest BCUT2D eigenvalue weighted by Crippen LogP contribution is -2.39. The molecule has 2 aliphatic heterocycles. The maximum Gasteiger partial charge on any atom is 0.332 e. The Labute approximate surface area is 122 Å². The van der Waals surface area contributed by atoms with Crippen LogP contribution in [-0.4, -0.2) is 35.8 Å². The number of amides is 1. The molecule has 6 heteroatoms. The standard InChI is InChI=1S/C15H17NO5/c17-14(12-5-6-13(21-12)15(18)19)16-10-7-8-20-11-4-2-1-3-9(10)11/h1-4,10,12-13H,5-8H2,(H,16,17)(H,18,19)/t10?,12-,13+/m0/s1. The van der Waals surface area contributed by atoms with Crippen molar-refractivity contribution in [2.75, 3.05) is 6.61 Å². The molecule has 6 nitrogen and oxygen atoms in total. The Morgan fingerprint density at radius 2 is 1.90 bits per heavy atom. The van der Waals surface area contributed by atoms with Crippen LogP contribution in [0.2, 0.25) is 0 Å². The predicted molar refractivity (Wildman–Crippen MR) is 73.0 cm³/mol. The molecule has 21 heavy (non-hydrogen) atoms. The largest absolute Gasteiger partial charge is 0.493 e. The van der Waals surface area contributed by atoms with Crippen molar-refractivity contribution in [2.24, 2.45) is 0 Å². The topological polar surface area (TPSA) is 84.9 Å². The number of para-hydroxylation sites is 1. The summed E-state index contributed by atoms with van der Waals surface area (Å²) in [5.74, 6) is -0.480. The zero-order valence-corrected chi connectivity index (χ0v) is 11.5.